The second kappa shape index (κ2) is 5.82. The summed E-state index contributed by atoms with van der Waals surface area (Å²) >= 11 is 0. The van der Waals surface area contributed by atoms with Gasteiger partial charge < -0.3 is 9.47 Å². The average Bonchev–Trinajstić information content (AvgIpc) is 2.86. The Balaban J connectivity index is 1.77. The minimum atomic E-state index is 1.04. The van der Waals surface area contributed by atoms with Crippen molar-refractivity contribution in [1.82, 2.24) is 14.5 Å². The largest absolute Gasteiger partial charge is 0.344 e. The zero-order valence-corrected chi connectivity index (χ0v) is 13.9. The van der Waals surface area contributed by atoms with Gasteiger partial charge in [0.2, 0.25) is 0 Å². The number of benzene rings is 1. The monoisotopic (exact) mass is 305 g/mol. The predicted octanol–water partition coefficient (Wildman–Crippen LogP) is 3.58. The van der Waals surface area contributed by atoms with Crippen LogP contribution in [-0.4, -0.2) is 28.0 Å². The molecule has 0 amide bonds. The lowest BCUT2D eigenvalue weighted by atomic mass is 10.0. The third-order valence-electron chi connectivity index (χ3n) is 4.98. The smallest absolute Gasteiger partial charge is 0.0488 e. The van der Waals surface area contributed by atoms with E-state index in [4.69, 9.17) is 0 Å². The van der Waals surface area contributed by atoms with Crippen molar-refractivity contribution in [3.05, 3.63) is 65.1 Å². The molecule has 0 aliphatic carbocycles. The van der Waals surface area contributed by atoms with Crippen molar-refractivity contribution in [3.8, 4) is 0 Å². The Morgan fingerprint density at radius 2 is 1.96 bits per heavy atom. The van der Waals surface area contributed by atoms with E-state index in [-0.39, 0.29) is 0 Å². The minimum absolute atomic E-state index is 1.04. The van der Waals surface area contributed by atoms with E-state index in [2.05, 4.69) is 58.8 Å². The van der Waals surface area contributed by atoms with Crippen LogP contribution in [0.15, 0.2) is 42.7 Å². The summed E-state index contributed by atoms with van der Waals surface area (Å²) in [5.41, 5.74) is 7.17. The van der Waals surface area contributed by atoms with Gasteiger partial charge in [0.1, 0.15) is 0 Å². The summed E-state index contributed by atoms with van der Waals surface area (Å²) in [5.74, 6) is 0. The van der Waals surface area contributed by atoms with Crippen LogP contribution in [0.4, 0.5) is 0 Å². The van der Waals surface area contributed by atoms with Crippen molar-refractivity contribution in [2.45, 2.75) is 32.9 Å². The van der Waals surface area contributed by atoms with E-state index < -0.39 is 0 Å². The second-order valence-corrected chi connectivity index (χ2v) is 6.69. The van der Waals surface area contributed by atoms with Gasteiger partial charge >= 0.3 is 0 Å². The maximum Gasteiger partial charge on any atom is 0.0488 e. The Hall–Kier alpha value is -2.13. The Morgan fingerprint density at radius 1 is 1.13 bits per heavy atom. The van der Waals surface area contributed by atoms with Gasteiger partial charge in [-0.1, -0.05) is 12.1 Å². The molecule has 118 valence electrons. The van der Waals surface area contributed by atoms with Crippen molar-refractivity contribution in [3.63, 3.8) is 0 Å². The van der Waals surface area contributed by atoms with E-state index in [0.29, 0.717) is 0 Å². The normalized spacial score (nSPS) is 15.0. The number of hydrogen-bond acceptors (Lipinski definition) is 2. The van der Waals surface area contributed by atoms with Gasteiger partial charge in [-0.05, 0) is 55.3 Å². The molecule has 0 spiro atoms. The maximum atomic E-state index is 4.12. The number of likely N-dealkylation sites (N-methyl/N-ethyl adjacent to an activating group) is 1. The summed E-state index contributed by atoms with van der Waals surface area (Å²) in [6, 6.07) is 11.1. The Morgan fingerprint density at radius 3 is 2.78 bits per heavy atom. The fourth-order valence-corrected chi connectivity index (χ4v) is 3.74. The molecule has 3 heteroatoms. The SMILES string of the molecule is Cc1ccc2c3c(n(CCc4ccncc4)c2c1)CCN(C)C3. The van der Waals surface area contributed by atoms with Crippen molar-refractivity contribution >= 4 is 10.9 Å². The molecule has 0 saturated carbocycles. The average molecular weight is 305 g/mol. The number of aryl methyl sites for hydroxylation is 3. The Bertz CT molecular complexity index is 833. The van der Waals surface area contributed by atoms with E-state index in [1.165, 1.54) is 33.3 Å². The van der Waals surface area contributed by atoms with E-state index in [1.54, 1.807) is 0 Å². The fourth-order valence-electron chi connectivity index (χ4n) is 3.74. The molecule has 0 N–H and O–H groups in total. The molecule has 2 aromatic heterocycles. The first-order chi connectivity index (χ1) is 11.2. The van der Waals surface area contributed by atoms with Crippen LogP contribution in [0.5, 0.6) is 0 Å². The first-order valence-corrected chi connectivity index (χ1v) is 8.40. The molecule has 1 aliphatic heterocycles. The molecule has 4 rings (SSSR count). The Labute approximate surface area is 137 Å². The van der Waals surface area contributed by atoms with Crippen molar-refractivity contribution in [2.24, 2.45) is 0 Å². The molecule has 1 aliphatic rings. The summed E-state index contributed by atoms with van der Waals surface area (Å²) < 4.78 is 2.56. The lowest BCUT2D eigenvalue weighted by Gasteiger charge is -2.24. The fraction of sp³-hybridized carbons (Fsp3) is 0.350. The van der Waals surface area contributed by atoms with Crippen LogP contribution in [0.25, 0.3) is 10.9 Å². The molecule has 1 aromatic carbocycles. The zero-order valence-electron chi connectivity index (χ0n) is 13.9. The number of nitrogens with zero attached hydrogens (tertiary/aromatic N) is 3. The van der Waals surface area contributed by atoms with Crippen molar-refractivity contribution in [2.75, 3.05) is 13.6 Å². The van der Waals surface area contributed by atoms with Gasteiger partial charge in [-0.15, -0.1) is 0 Å². The highest BCUT2D eigenvalue weighted by Gasteiger charge is 2.22. The first-order valence-electron chi connectivity index (χ1n) is 8.40. The van der Waals surface area contributed by atoms with E-state index in [9.17, 15) is 0 Å². The number of hydrogen-bond donors (Lipinski definition) is 0. The highest BCUT2D eigenvalue weighted by Crippen LogP contribution is 2.31. The quantitative estimate of drug-likeness (QED) is 0.737. The highest BCUT2D eigenvalue weighted by atomic mass is 15.1. The highest BCUT2D eigenvalue weighted by molar-refractivity contribution is 5.86. The summed E-state index contributed by atoms with van der Waals surface area (Å²) in [7, 11) is 2.22. The Kier molecular flexibility index (Phi) is 3.66. The van der Waals surface area contributed by atoms with Gasteiger partial charge in [0.05, 0.1) is 0 Å². The number of fused-ring (bicyclic) bond motifs is 3. The summed E-state index contributed by atoms with van der Waals surface area (Å²) in [4.78, 5) is 6.54. The van der Waals surface area contributed by atoms with Crippen LogP contribution in [0.1, 0.15) is 22.4 Å². The van der Waals surface area contributed by atoms with Crippen LogP contribution >= 0.6 is 0 Å². The molecule has 3 aromatic rings. The van der Waals surface area contributed by atoms with E-state index >= 15 is 0 Å². The van der Waals surface area contributed by atoms with E-state index in [1.807, 2.05) is 12.4 Å². The molecule has 0 atom stereocenters. The van der Waals surface area contributed by atoms with Crippen LogP contribution in [0.3, 0.4) is 0 Å². The molecular weight excluding hydrogens is 282 g/mol. The second-order valence-electron chi connectivity index (χ2n) is 6.69. The predicted molar refractivity (Wildman–Crippen MR) is 94.7 cm³/mol. The maximum absolute atomic E-state index is 4.12. The lowest BCUT2D eigenvalue weighted by molar-refractivity contribution is 0.309. The lowest BCUT2D eigenvalue weighted by Crippen LogP contribution is -2.27. The molecule has 0 radical (unpaired) electrons. The van der Waals surface area contributed by atoms with Crippen molar-refractivity contribution < 1.29 is 0 Å². The molecule has 3 nitrogen and oxygen atoms in total. The minimum Gasteiger partial charge on any atom is -0.344 e. The molecular formula is C20H23N3. The summed E-state index contributed by atoms with van der Waals surface area (Å²) in [6.45, 7) is 5.45. The molecule has 0 fully saturated rings. The first kappa shape index (κ1) is 14.5. The van der Waals surface area contributed by atoms with Gasteiger partial charge in [-0.2, -0.15) is 0 Å². The molecule has 3 heterocycles. The van der Waals surface area contributed by atoms with Gasteiger partial charge in [0, 0.05) is 55.0 Å². The molecule has 0 unspecified atom stereocenters. The number of pyridine rings is 1. The molecule has 0 saturated heterocycles. The topological polar surface area (TPSA) is 21.1 Å². The standard InChI is InChI=1S/C20H23N3/c1-15-3-4-17-18-14-22(2)11-8-19(18)23(20(17)13-15)12-7-16-5-9-21-10-6-16/h3-6,9-10,13H,7-8,11-12,14H2,1-2H3. The molecule has 23 heavy (non-hydrogen) atoms. The van der Waals surface area contributed by atoms with Gasteiger partial charge in [-0.25, -0.2) is 0 Å². The van der Waals surface area contributed by atoms with Gasteiger partial charge in [0.15, 0.2) is 0 Å². The van der Waals surface area contributed by atoms with Crippen LogP contribution in [0.2, 0.25) is 0 Å². The van der Waals surface area contributed by atoms with Crippen molar-refractivity contribution in [1.29, 1.82) is 0 Å². The molecule has 0 bridgehead atoms. The van der Waals surface area contributed by atoms with Crippen LogP contribution < -0.4 is 0 Å². The van der Waals surface area contributed by atoms with Gasteiger partial charge in [0.25, 0.3) is 0 Å². The summed E-state index contributed by atoms with van der Waals surface area (Å²) in [6.07, 6.45) is 5.98. The summed E-state index contributed by atoms with van der Waals surface area (Å²) in [5, 5.41) is 1.44. The number of aromatic nitrogens is 2. The van der Waals surface area contributed by atoms with Gasteiger partial charge in [-0.3, -0.25) is 4.98 Å². The zero-order chi connectivity index (χ0) is 15.8. The number of rotatable bonds is 3. The van der Waals surface area contributed by atoms with Crippen LogP contribution in [0, 0.1) is 6.92 Å². The van der Waals surface area contributed by atoms with E-state index in [0.717, 1.165) is 32.5 Å². The third-order valence-corrected chi connectivity index (χ3v) is 4.98. The van der Waals surface area contributed by atoms with Crippen LogP contribution in [-0.2, 0) is 25.9 Å². The third kappa shape index (κ3) is 2.66.